The van der Waals surface area contributed by atoms with Crippen LogP contribution in [0.1, 0.15) is 50.2 Å². The van der Waals surface area contributed by atoms with Crippen molar-refractivity contribution in [2.24, 2.45) is 5.73 Å². The normalized spacial score (nSPS) is 28.3. The van der Waals surface area contributed by atoms with Crippen molar-refractivity contribution in [1.82, 2.24) is 5.32 Å². The molecule has 2 heteroatoms. The Morgan fingerprint density at radius 2 is 1.94 bits per heavy atom. The lowest BCUT2D eigenvalue weighted by Gasteiger charge is -2.36. The second-order valence-corrected chi connectivity index (χ2v) is 5.50. The van der Waals surface area contributed by atoms with Gasteiger partial charge in [0.25, 0.3) is 0 Å². The van der Waals surface area contributed by atoms with Gasteiger partial charge in [0.1, 0.15) is 0 Å². The SMILES string of the molecule is CCCC1NCC(N)CC1c1ccc(CC)cc1. The number of benzene rings is 1. The Bertz CT molecular complexity index is 358. The van der Waals surface area contributed by atoms with Crippen molar-refractivity contribution in [3.8, 4) is 0 Å². The van der Waals surface area contributed by atoms with Crippen LogP contribution in [0, 0.1) is 0 Å². The van der Waals surface area contributed by atoms with E-state index in [1.165, 1.54) is 24.0 Å². The number of rotatable bonds is 4. The molecule has 0 amide bonds. The first-order valence-corrected chi connectivity index (χ1v) is 7.32. The van der Waals surface area contributed by atoms with Gasteiger partial charge in [0.2, 0.25) is 0 Å². The van der Waals surface area contributed by atoms with Crippen molar-refractivity contribution in [3.05, 3.63) is 35.4 Å². The first-order valence-electron chi connectivity index (χ1n) is 7.32. The molecule has 2 rings (SSSR count). The topological polar surface area (TPSA) is 38.0 Å². The van der Waals surface area contributed by atoms with E-state index in [2.05, 4.69) is 43.4 Å². The predicted molar refractivity (Wildman–Crippen MR) is 77.9 cm³/mol. The fourth-order valence-corrected chi connectivity index (χ4v) is 3.00. The summed E-state index contributed by atoms with van der Waals surface area (Å²) in [4.78, 5) is 0. The molecule has 1 saturated heterocycles. The fraction of sp³-hybridized carbons (Fsp3) is 0.625. The first-order chi connectivity index (χ1) is 8.74. The summed E-state index contributed by atoms with van der Waals surface area (Å²) in [5.74, 6) is 0.583. The maximum Gasteiger partial charge on any atom is 0.0171 e. The number of hydrogen-bond acceptors (Lipinski definition) is 2. The van der Waals surface area contributed by atoms with Crippen LogP contribution in [0.4, 0.5) is 0 Å². The zero-order valence-corrected chi connectivity index (χ0v) is 11.7. The first kappa shape index (κ1) is 13.6. The van der Waals surface area contributed by atoms with Crippen LogP contribution in [0.3, 0.4) is 0 Å². The van der Waals surface area contributed by atoms with E-state index in [4.69, 9.17) is 5.73 Å². The second kappa shape index (κ2) is 6.35. The molecule has 1 aromatic carbocycles. The predicted octanol–water partition coefficient (Wildman–Crippen LogP) is 2.82. The van der Waals surface area contributed by atoms with E-state index in [9.17, 15) is 0 Å². The van der Waals surface area contributed by atoms with Crippen LogP contribution in [0.15, 0.2) is 24.3 Å². The van der Waals surface area contributed by atoms with E-state index in [1.807, 2.05) is 0 Å². The smallest absolute Gasteiger partial charge is 0.0171 e. The number of nitrogens with one attached hydrogen (secondary N) is 1. The zero-order chi connectivity index (χ0) is 13.0. The van der Waals surface area contributed by atoms with Crippen LogP contribution in [0.25, 0.3) is 0 Å². The molecule has 0 radical (unpaired) electrons. The Hall–Kier alpha value is -0.860. The van der Waals surface area contributed by atoms with Gasteiger partial charge in [-0.1, -0.05) is 44.5 Å². The highest BCUT2D eigenvalue weighted by Gasteiger charge is 2.28. The minimum Gasteiger partial charge on any atom is -0.327 e. The largest absolute Gasteiger partial charge is 0.327 e. The monoisotopic (exact) mass is 246 g/mol. The van der Waals surface area contributed by atoms with Crippen LogP contribution in [0.5, 0.6) is 0 Å². The lowest BCUT2D eigenvalue weighted by atomic mass is 9.81. The molecule has 0 aliphatic carbocycles. The second-order valence-electron chi connectivity index (χ2n) is 5.50. The molecule has 3 atom stereocenters. The van der Waals surface area contributed by atoms with Crippen molar-refractivity contribution in [1.29, 1.82) is 0 Å². The van der Waals surface area contributed by atoms with Crippen LogP contribution < -0.4 is 11.1 Å². The Morgan fingerprint density at radius 3 is 2.56 bits per heavy atom. The van der Waals surface area contributed by atoms with E-state index >= 15 is 0 Å². The summed E-state index contributed by atoms with van der Waals surface area (Å²) in [5.41, 5.74) is 8.98. The maximum absolute atomic E-state index is 6.11. The number of hydrogen-bond donors (Lipinski definition) is 2. The van der Waals surface area contributed by atoms with Gasteiger partial charge in [0.05, 0.1) is 0 Å². The molecule has 0 bridgehead atoms. The molecule has 0 spiro atoms. The highest BCUT2D eigenvalue weighted by Crippen LogP contribution is 2.30. The van der Waals surface area contributed by atoms with E-state index in [0.29, 0.717) is 18.0 Å². The molecule has 1 heterocycles. The summed E-state index contributed by atoms with van der Waals surface area (Å²) in [6, 6.07) is 10.0. The van der Waals surface area contributed by atoms with Gasteiger partial charge in [-0.3, -0.25) is 0 Å². The number of piperidine rings is 1. The van der Waals surface area contributed by atoms with Gasteiger partial charge in [0.15, 0.2) is 0 Å². The molecular formula is C16H26N2. The van der Waals surface area contributed by atoms with Gasteiger partial charge < -0.3 is 11.1 Å². The molecule has 1 aliphatic heterocycles. The Kier molecular flexibility index (Phi) is 4.79. The highest BCUT2D eigenvalue weighted by molar-refractivity contribution is 5.27. The third-order valence-electron chi connectivity index (χ3n) is 4.10. The fourth-order valence-electron chi connectivity index (χ4n) is 3.00. The Labute approximate surface area is 111 Å². The summed E-state index contributed by atoms with van der Waals surface area (Å²) in [6.45, 7) is 5.43. The minimum atomic E-state index is 0.300. The lowest BCUT2D eigenvalue weighted by molar-refractivity contribution is 0.306. The minimum absolute atomic E-state index is 0.300. The zero-order valence-electron chi connectivity index (χ0n) is 11.7. The summed E-state index contributed by atoms with van der Waals surface area (Å²) >= 11 is 0. The van der Waals surface area contributed by atoms with Gasteiger partial charge in [0, 0.05) is 24.5 Å². The summed E-state index contributed by atoms with van der Waals surface area (Å²) in [7, 11) is 0. The Balaban J connectivity index is 2.15. The van der Waals surface area contributed by atoms with Crippen LogP contribution in [0.2, 0.25) is 0 Å². The van der Waals surface area contributed by atoms with Crippen molar-refractivity contribution in [2.75, 3.05) is 6.54 Å². The summed E-state index contributed by atoms with van der Waals surface area (Å²) in [6.07, 6.45) is 4.70. The quantitative estimate of drug-likeness (QED) is 0.857. The van der Waals surface area contributed by atoms with Crippen LogP contribution in [-0.4, -0.2) is 18.6 Å². The molecule has 100 valence electrons. The van der Waals surface area contributed by atoms with Crippen LogP contribution >= 0.6 is 0 Å². The molecule has 18 heavy (non-hydrogen) atoms. The van der Waals surface area contributed by atoms with Gasteiger partial charge in [-0.05, 0) is 30.4 Å². The number of nitrogens with two attached hydrogens (primary N) is 1. The van der Waals surface area contributed by atoms with Crippen LogP contribution in [-0.2, 0) is 6.42 Å². The van der Waals surface area contributed by atoms with Crippen molar-refractivity contribution in [3.63, 3.8) is 0 Å². The van der Waals surface area contributed by atoms with Gasteiger partial charge in [-0.2, -0.15) is 0 Å². The van der Waals surface area contributed by atoms with E-state index in [0.717, 1.165) is 19.4 Å². The number of aryl methyl sites for hydroxylation is 1. The third-order valence-corrected chi connectivity index (χ3v) is 4.10. The van der Waals surface area contributed by atoms with Gasteiger partial charge in [-0.25, -0.2) is 0 Å². The Morgan fingerprint density at radius 1 is 1.22 bits per heavy atom. The van der Waals surface area contributed by atoms with Crippen molar-refractivity contribution in [2.45, 2.75) is 57.5 Å². The molecule has 1 aromatic rings. The molecule has 3 unspecified atom stereocenters. The standard InChI is InChI=1S/C16H26N2/c1-3-5-16-15(10-14(17)11-18-16)13-8-6-12(4-2)7-9-13/h6-9,14-16,18H,3-5,10-11,17H2,1-2H3. The molecule has 1 fully saturated rings. The van der Waals surface area contributed by atoms with Crippen molar-refractivity contribution < 1.29 is 0 Å². The molecule has 2 nitrogen and oxygen atoms in total. The lowest BCUT2D eigenvalue weighted by Crippen LogP contribution is -2.49. The summed E-state index contributed by atoms with van der Waals surface area (Å²) in [5, 5.41) is 3.62. The third kappa shape index (κ3) is 3.12. The molecular weight excluding hydrogens is 220 g/mol. The average Bonchev–Trinajstić information content (AvgIpc) is 2.41. The molecule has 1 aliphatic rings. The highest BCUT2D eigenvalue weighted by atomic mass is 15.0. The van der Waals surface area contributed by atoms with E-state index in [1.54, 1.807) is 0 Å². The molecule has 3 N–H and O–H groups in total. The average molecular weight is 246 g/mol. The van der Waals surface area contributed by atoms with E-state index in [-0.39, 0.29) is 0 Å². The summed E-state index contributed by atoms with van der Waals surface area (Å²) < 4.78 is 0. The van der Waals surface area contributed by atoms with E-state index < -0.39 is 0 Å². The molecule has 0 aromatic heterocycles. The maximum atomic E-state index is 6.11. The van der Waals surface area contributed by atoms with Crippen molar-refractivity contribution >= 4 is 0 Å². The van der Waals surface area contributed by atoms with Gasteiger partial charge in [-0.15, -0.1) is 0 Å². The molecule has 0 saturated carbocycles. The van der Waals surface area contributed by atoms with Gasteiger partial charge >= 0.3 is 0 Å².